The zero-order chi connectivity index (χ0) is 21.4. The van der Waals surface area contributed by atoms with Crippen molar-refractivity contribution in [1.82, 2.24) is 5.32 Å². The molecule has 0 aromatic heterocycles. The Kier molecular flexibility index (Phi) is 7.83. The molecule has 0 radical (unpaired) electrons. The first-order chi connectivity index (χ1) is 14.0. The number of rotatable bonds is 4. The van der Waals surface area contributed by atoms with Crippen molar-refractivity contribution in [1.29, 1.82) is 0 Å². The van der Waals surface area contributed by atoms with Gasteiger partial charge in [0.2, 0.25) is 11.8 Å². The van der Waals surface area contributed by atoms with Gasteiger partial charge in [-0.3, -0.25) is 9.59 Å². The van der Waals surface area contributed by atoms with Gasteiger partial charge < -0.3 is 21.7 Å². The summed E-state index contributed by atoms with van der Waals surface area (Å²) in [6.07, 6.45) is 0.280. The van der Waals surface area contributed by atoms with Crippen LogP contribution in [-0.2, 0) is 16.1 Å². The molecule has 6 nitrogen and oxygen atoms in total. The first-order valence-electron chi connectivity index (χ1n) is 10.0. The number of benzene rings is 2. The largest absolute Gasteiger partial charge is 0.397 e. The smallest absolute Gasteiger partial charge is 0.227 e. The molecule has 0 aliphatic carbocycles. The van der Waals surface area contributed by atoms with Crippen LogP contribution >= 0.6 is 0 Å². The van der Waals surface area contributed by atoms with Crippen LogP contribution in [0, 0.1) is 0 Å². The average molecular weight is 395 g/mol. The minimum absolute atomic E-state index is 0.126. The van der Waals surface area contributed by atoms with Crippen LogP contribution in [0.5, 0.6) is 0 Å². The van der Waals surface area contributed by atoms with Crippen LogP contribution in [0.1, 0.15) is 50.3 Å². The Labute approximate surface area is 172 Å². The van der Waals surface area contributed by atoms with Crippen molar-refractivity contribution in [3.8, 4) is 0 Å². The Balaban J connectivity index is 0.00000145. The molecule has 1 aliphatic rings. The molecule has 2 aromatic carbocycles. The van der Waals surface area contributed by atoms with E-state index in [-0.39, 0.29) is 24.7 Å². The molecule has 6 heteroatoms. The lowest BCUT2D eigenvalue weighted by Crippen LogP contribution is -2.34. The number of para-hydroxylation sites is 1. The van der Waals surface area contributed by atoms with E-state index < -0.39 is 0 Å². The zero-order valence-electron chi connectivity index (χ0n) is 17.4. The highest BCUT2D eigenvalue weighted by Gasteiger charge is 2.25. The first kappa shape index (κ1) is 22.0. The van der Waals surface area contributed by atoms with Crippen LogP contribution in [0.4, 0.5) is 5.69 Å². The van der Waals surface area contributed by atoms with Crippen LogP contribution in [0.25, 0.3) is 11.4 Å². The summed E-state index contributed by atoms with van der Waals surface area (Å²) in [5, 5.41) is 2.72. The Hall–Kier alpha value is -3.28. The normalized spacial score (nSPS) is 15.1. The van der Waals surface area contributed by atoms with Crippen LogP contribution in [-0.4, -0.2) is 18.4 Å². The molecule has 5 N–H and O–H groups in total. The molecule has 29 heavy (non-hydrogen) atoms. The zero-order valence-corrected chi connectivity index (χ0v) is 17.4. The van der Waals surface area contributed by atoms with Gasteiger partial charge >= 0.3 is 0 Å². The fourth-order valence-electron chi connectivity index (χ4n) is 3.27. The first-order valence-corrected chi connectivity index (χ1v) is 10.0. The van der Waals surface area contributed by atoms with Crippen molar-refractivity contribution in [2.75, 3.05) is 11.4 Å². The number of nitrogens with zero attached hydrogens (tertiary/aromatic N) is 1. The highest BCUT2D eigenvalue weighted by molar-refractivity contribution is 6.01. The summed E-state index contributed by atoms with van der Waals surface area (Å²) in [7, 11) is 0. The van der Waals surface area contributed by atoms with E-state index in [4.69, 9.17) is 11.5 Å². The van der Waals surface area contributed by atoms with E-state index >= 15 is 0 Å². The maximum atomic E-state index is 13.0. The van der Waals surface area contributed by atoms with Crippen LogP contribution < -0.4 is 21.7 Å². The van der Waals surface area contributed by atoms with E-state index in [1.807, 2.05) is 69.3 Å². The molecule has 0 atom stereocenters. The molecule has 0 fully saturated rings. The average Bonchev–Trinajstić information content (AvgIpc) is 2.76. The minimum Gasteiger partial charge on any atom is -0.397 e. The van der Waals surface area contributed by atoms with Crippen molar-refractivity contribution in [3.63, 3.8) is 0 Å². The summed E-state index contributed by atoms with van der Waals surface area (Å²) in [5.41, 5.74) is 16.8. The Bertz CT molecular complexity index is 905. The van der Waals surface area contributed by atoms with Gasteiger partial charge in [-0.25, -0.2) is 0 Å². The van der Waals surface area contributed by atoms with Gasteiger partial charge in [0.1, 0.15) is 0 Å². The molecular formula is C23H30N4O2. The molecule has 0 spiro atoms. The Morgan fingerprint density at radius 2 is 1.52 bits per heavy atom. The van der Waals surface area contributed by atoms with Crippen LogP contribution in [0.3, 0.4) is 0 Å². The number of fused-ring (bicyclic) bond motifs is 2. The van der Waals surface area contributed by atoms with Gasteiger partial charge in [0.05, 0.1) is 23.6 Å². The van der Waals surface area contributed by atoms with Gasteiger partial charge in [-0.2, -0.15) is 0 Å². The molecule has 154 valence electrons. The summed E-state index contributed by atoms with van der Waals surface area (Å²) in [6.45, 7) is 6.77. The van der Waals surface area contributed by atoms with E-state index in [2.05, 4.69) is 5.32 Å². The molecule has 3 rings (SSSR count). The number of hydrogen-bond acceptors (Lipinski definition) is 4. The van der Waals surface area contributed by atoms with Crippen molar-refractivity contribution in [2.24, 2.45) is 11.5 Å². The third kappa shape index (κ3) is 4.96. The molecule has 0 unspecified atom stereocenters. The lowest BCUT2D eigenvalue weighted by Gasteiger charge is -2.29. The second kappa shape index (κ2) is 10.3. The van der Waals surface area contributed by atoms with Gasteiger partial charge in [0.15, 0.2) is 0 Å². The van der Waals surface area contributed by atoms with Crippen molar-refractivity contribution >= 4 is 28.9 Å². The van der Waals surface area contributed by atoms with Gasteiger partial charge in [-0.05, 0) is 18.6 Å². The monoisotopic (exact) mass is 394 g/mol. The molecule has 1 heterocycles. The molecule has 0 saturated heterocycles. The predicted octanol–water partition coefficient (Wildman–Crippen LogP) is 3.22. The number of carbonyl (C=O) groups excluding carboxylic acids is 2. The fourth-order valence-corrected chi connectivity index (χ4v) is 3.27. The van der Waals surface area contributed by atoms with Gasteiger partial charge in [0.25, 0.3) is 0 Å². The van der Waals surface area contributed by atoms with E-state index in [1.54, 1.807) is 4.90 Å². The Morgan fingerprint density at radius 1 is 0.931 bits per heavy atom. The number of hydrogen-bond donors (Lipinski definition) is 3. The molecular weight excluding hydrogens is 364 g/mol. The molecule has 1 aliphatic heterocycles. The third-order valence-electron chi connectivity index (χ3n) is 4.65. The topological polar surface area (TPSA) is 101 Å². The Morgan fingerprint density at radius 3 is 2.21 bits per heavy atom. The lowest BCUT2D eigenvalue weighted by molar-refractivity contribution is -0.125. The number of carbonyl (C=O) groups is 2. The van der Waals surface area contributed by atoms with Crippen LogP contribution in [0.15, 0.2) is 48.5 Å². The summed E-state index contributed by atoms with van der Waals surface area (Å²) in [4.78, 5) is 26.4. The highest BCUT2D eigenvalue weighted by atomic mass is 16.2. The second-order valence-electron chi connectivity index (χ2n) is 6.44. The maximum absolute atomic E-state index is 13.0. The van der Waals surface area contributed by atoms with Crippen molar-refractivity contribution in [2.45, 2.75) is 40.2 Å². The van der Waals surface area contributed by atoms with Gasteiger partial charge in [-0.1, -0.05) is 56.3 Å². The van der Waals surface area contributed by atoms with E-state index in [0.29, 0.717) is 30.2 Å². The molecule has 0 saturated carbocycles. The number of anilines is 1. The van der Waals surface area contributed by atoms with Gasteiger partial charge in [-0.15, -0.1) is 0 Å². The number of nitrogens with one attached hydrogen (secondary N) is 1. The maximum Gasteiger partial charge on any atom is 0.227 e. The SMILES string of the molecule is CC.CCNC(=O)CCC(=O)N1Cc2ccccc2/C(N)=C(/N)c2ccccc21. The summed E-state index contributed by atoms with van der Waals surface area (Å²) in [6, 6.07) is 15.1. The third-order valence-corrected chi connectivity index (χ3v) is 4.65. The van der Waals surface area contributed by atoms with Crippen molar-refractivity contribution in [3.05, 3.63) is 65.2 Å². The standard InChI is InChI=1S/C21H24N4O2.C2H6/c1-2-24-18(26)11-12-19(27)25-13-14-7-3-4-8-15(14)20(22)21(23)16-9-5-6-10-17(16)25;1-2/h3-10H,2,11-13,22-23H2,1H3,(H,24,26);1-2H3/b21-20-;. The summed E-state index contributed by atoms with van der Waals surface area (Å²) < 4.78 is 0. The lowest BCUT2D eigenvalue weighted by atomic mass is 9.96. The van der Waals surface area contributed by atoms with Crippen LogP contribution in [0.2, 0.25) is 0 Å². The summed E-state index contributed by atoms with van der Waals surface area (Å²) >= 11 is 0. The van der Waals surface area contributed by atoms with E-state index in [9.17, 15) is 9.59 Å². The molecule has 2 aromatic rings. The fraction of sp³-hybridized carbons (Fsp3) is 0.304. The molecule has 0 bridgehead atoms. The van der Waals surface area contributed by atoms with Crippen molar-refractivity contribution < 1.29 is 9.59 Å². The number of amides is 2. The second-order valence-corrected chi connectivity index (χ2v) is 6.44. The summed E-state index contributed by atoms with van der Waals surface area (Å²) in [5.74, 6) is -0.257. The quantitative estimate of drug-likeness (QED) is 0.741. The highest BCUT2D eigenvalue weighted by Crippen LogP contribution is 2.33. The van der Waals surface area contributed by atoms with Gasteiger partial charge in [0, 0.05) is 30.5 Å². The minimum atomic E-state index is -0.129. The van der Waals surface area contributed by atoms with E-state index in [0.717, 1.165) is 16.7 Å². The number of nitrogens with two attached hydrogens (primary N) is 2. The molecule has 2 amide bonds. The van der Waals surface area contributed by atoms with E-state index in [1.165, 1.54) is 0 Å². The predicted molar refractivity (Wildman–Crippen MR) is 119 cm³/mol.